The van der Waals surface area contributed by atoms with E-state index in [1.165, 1.54) is 5.56 Å². The second kappa shape index (κ2) is 5.75. The van der Waals surface area contributed by atoms with Crippen LogP contribution in [-0.4, -0.2) is 30.1 Å². The molecule has 2 nitrogen and oxygen atoms in total. The van der Waals surface area contributed by atoms with Gasteiger partial charge >= 0.3 is 0 Å². The lowest BCUT2D eigenvalue weighted by atomic mass is 10.2. The summed E-state index contributed by atoms with van der Waals surface area (Å²) >= 11 is 5.32. The molecule has 1 aromatic rings. The van der Waals surface area contributed by atoms with Crippen molar-refractivity contribution in [2.24, 2.45) is 0 Å². The molecule has 0 aliphatic rings. The summed E-state index contributed by atoms with van der Waals surface area (Å²) in [5, 5.41) is 0. The number of nitrogens with zero attached hydrogens (tertiary/aromatic N) is 2. The van der Waals surface area contributed by atoms with Crippen LogP contribution < -0.4 is 4.90 Å². The maximum absolute atomic E-state index is 4.41. The quantitative estimate of drug-likeness (QED) is 0.845. The van der Waals surface area contributed by atoms with E-state index < -0.39 is 0 Å². The second-order valence-electron chi connectivity index (χ2n) is 3.71. The number of halogens is 1. The molecule has 0 saturated carbocycles. The van der Waals surface area contributed by atoms with Gasteiger partial charge in [-0.3, -0.25) is 0 Å². The van der Waals surface area contributed by atoms with E-state index in [2.05, 4.69) is 59.0 Å². The summed E-state index contributed by atoms with van der Waals surface area (Å²) in [5.74, 6) is 2.16. The highest BCUT2D eigenvalue weighted by Crippen LogP contribution is 2.21. The van der Waals surface area contributed by atoms with E-state index in [-0.39, 0.29) is 0 Å². The van der Waals surface area contributed by atoms with Crippen molar-refractivity contribution in [2.75, 3.05) is 24.0 Å². The average molecular weight is 289 g/mol. The van der Waals surface area contributed by atoms with Gasteiger partial charge in [0.1, 0.15) is 5.82 Å². The lowest BCUT2D eigenvalue weighted by molar-refractivity contribution is 0.753. The molecule has 15 heavy (non-hydrogen) atoms. The van der Waals surface area contributed by atoms with Gasteiger partial charge in [-0.2, -0.15) is 11.8 Å². The smallest absolute Gasteiger partial charge is 0.128 e. The molecule has 0 N–H and O–H groups in total. The summed E-state index contributed by atoms with van der Waals surface area (Å²) in [6.07, 6.45) is 4.00. The van der Waals surface area contributed by atoms with Gasteiger partial charge in [0.25, 0.3) is 0 Å². The molecule has 0 radical (unpaired) electrons. The topological polar surface area (TPSA) is 16.1 Å². The maximum Gasteiger partial charge on any atom is 0.128 e. The minimum Gasteiger partial charge on any atom is -0.356 e. The van der Waals surface area contributed by atoms with Crippen LogP contribution in [0.3, 0.4) is 0 Å². The Morgan fingerprint density at radius 2 is 2.27 bits per heavy atom. The third-order valence-corrected chi connectivity index (χ3v) is 4.11. The van der Waals surface area contributed by atoms with Gasteiger partial charge in [0.05, 0.1) is 0 Å². The molecule has 0 aromatic carbocycles. The minimum atomic E-state index is 0.507. The zero-order valence-corrected chi connectivity index (χ0v) is 12.0. The largest absolute Gasteiger partial charge is 0.356 e. The van der Waals surface area contributed by atoms with Crippen LogP contribution in [0.1, 0.15) is 12.5 Å². The fourth-order valence-corrected chi connectivity index (χ4v) is 2.22. The van der Waals surface area contributed by atoms with Gasteiger partial charge in [-0.1, -0.05) is 0 Å². The van der Waals surface area contributed by atoms with Crippen LogP contribution in [0.25, 0.3) is 0 Å². The Morgan fingerprint density at radius 3 is 2.80 bits per heavy atom. The van der Waals surface area contributed by atoms with E-state index >= 15 is 0 Å². The molecule has 1 rings (SSSR count). The molecule has 0 bridgehead atoms. The zero-order valence-electron chi connectivity index (χ0n) is 9.62. The highest BCUT2D eigenvalue weighted by molar-refractivity contribution is 9.10. The van der Waals surface area contributed by atoms with Crippen molar-refractivity contribution in [1.29, 1.82) is 0 Å². The first kappa shape index (κ1) is 12.8. The lowest BCUT2D eigenvalue weighted by Gasteiger charge is -2.25. The Hall–Kier alpha value is -0.220. The van der Waals surface area contributed by atoms with Crippen LogP contribution in [0, 0.1) is 6.92 Å². The number of aromatic nitrogens is 1. The lowest BCUT2D eigenvalue weighted by Crippen LogP contribution is -2.31. The summed E-state index contributed by atoms with van der Waals surface area (Å²) in [4.78, 5) is 6.63. The van der Waals surface area contributed by atoms with Crippen molar-refractivity contribution in [3.8, 4) is 0 Å². The molecule has 1 aromatic heterocycles. The van der Waals surface area contributed by atoms with Crippen molar-refractivity contribution in [3.05, 3.63) is 22.3 Å². The molecule has 1 heterocycles. The molecule has 1 unspecified atom stereocenters. The molecule has 0 aliphatic carbocycles. The van der Waals surface area contributed by atoms with Crippen LogP contribution in [0.2, 0.25) is 0 Å². The SMILES string of the molecule is CSCC(C)N(C)c1cc(C)c(Br)cn1. The monoisotopic (exact) mass is 288 g/mol. The summed E-state index contributed by atoms with van der Waals surface area (Å²) in [5.41, 5.74) is 1.23. The Labute approximate surface area is 105 Å². The predicted octanol–water partition coefficient (Wildman–Crippen LogP) is 3.34. The molecular weight excluding hydrogens is 272 g/mol. The molecular formula is C11H17BrN2S. The van der Waals surface area contributed by atoms with Crippen LogP contribution in [0.15, 0.2) is 16.7 Å². The van der Waals surface area contributed by atoms with E-state index in [0.29, 0.717) is 6.04 Å². The molecule has 0 spiro atoms. The van der Waals surface area contributed by atoms with Crippen molar-refractivity contribution in [3.63, 3.8) is 0 Å². The van der Waals surface area contributed by atoms with E-state index in [4.69, 9.17) is 0 Å². The Balaban J connectivity index is 2.81. The van der Waals surface area contributed by atoms with Crippen molar-refractivity contribution in [2.45, 2.75) is 19.9 Å². The van der Waals surface area contributed by atoms with Crippen molar-refractivity contribution in [1.82, 2.24) is 4.98 Å². The fraction of sp³-hybridized carbons (Fsp3) is 0.545. The van der Waals surface area contributed by atoms with E-state index in [1.807, 2.05) is 18.0 Å². The van der Waals surface area contributed by atoms with Gasteiger partial charge in [0.15, 0.2) is 0 Å². The van der Waals surface area contributed by atoms with E-state index in [0.717, 1.165) is 16.0 Å². The number of pyridine rings is 1. The van der Waals surface area contributed by atoms with Gasteiger partial charge in [-0.25, -0.2) is 4.98 Å². The van der Waals surface area contributed by atoms with Gasteiger partial charge in [-0.15, -0.1) is 0 Å². The van der Waals surface area contributed by atoms with Crippen molar-refractivity contribution < 1.29 is 0 Å². The van der Waals surface area contributed by atoms with Crippen LogP contribution in [0.4, 0.5) is 5.82 Å². The molecule has 0 aliphatic heterocycles. The molecule has 0 saturated heterocycles. The Morgan fingerprint density at radius 1 is 1.60 bits per heavy atom. The number of aryl methyl sites for hydroxylation is 1. The van der Waals surface area contributed by atoms with Gasteiger partial charge in [-0.05, 0) is 47.7 Å². The van der Waals surface area contributed by atoms with Crippen LogP contribution in [0.5, 0.6) is 0 Å². The van der Waals surface area contributed by atoms with Gasteiger partial charge in [0, 0.05) is 29.5 Å². The third-order valence-electron chi connectivity index (χ3n) is 2.46. The number of rotatable bonds is 4. The average Bonchev–Trinajstić information content (AvgIpc) is 2.21. The first-order valence-corrected chi connectivity index (χ1v) is 7.09. The molecule has 0 fully saturated rings. The summed E-state index contributed by atoms with van der Waals surface area (Å²) in [7, 11) is 2.09. The van der Waals surface area contributed by atoms with Crippen LogP contribution in [-0.2, 0) is 0 Å². The van der Waals surface area contributed by atoms with Gasteiger partial charge in [0.2, 0.25) is 0 Å². The first-order chi connectivity index (χ1) is 7.06. The van der Waals surface area contributed by atoms with E-state index in [9.17, 15) is 0 Å². The fourth-order valence-electron chi connectivity index (χ4n) is 1.30. The highest BCUT2D eigenvalue weighted by Gasteiger charge is 2.11. The summed E-state index contributed by atoms with van der Waals surface area (Å²) in [6.45, 7) is 4.30. The Bertz CT molecular complexity index is 330. The zero-order chi connectivity index (χ0) is 11.4. The molecule has 84 valence electrons. The standard InChI is InChI=1S/C11H17BrN2S/c1-8-5-11(13-6-10(8)12)14(3)9(2)7-15-4/h5-6,9H,7H2,1-4H3. The highest BCUT2D eigenvalue weighted by atomic mass is 79.9. The first-order valence-electron chi connectivity index (χ1n) is 4.90. The normalized spacial score (nSPS) is 12.6. The maximum atomic E-state index is 4.41. The number of hydrogen-bond acceptors (Lipinski definition) is 3. The number of anilines is 1. The molecule has 1 atom stereocenters. The predicted molar refractivity (Wildman–Crippen MR) is 72.9 cm³/mol. The summed E-state index contributed by atoms with van der Waals surface area (Å²) < 4.78 is 1.07. The number of hydrogen-bond donors (Lipinski definition) is 0. The van der Waals surface area contributed by atoms with Crippen molar-refractivity contribution >= 4 is 33.5 Å². The number of thioether (sulfide) groups is 1. The van der Waals surface area contributed by atoms with Crippen LogP contribution >= 0.6 is 27.7 Å². The molecule has 0 amide bonds. The second-order valence-corrected chi connectivity index (χ2v) is 5.47. The third kappa shape index (κ3) is 3.38. The van der Waals surface area contributed by atoms with Gasteiger partial charge < -0.3 is 4.90 Å². The summed E-state index contributed by atoms with van der Waals surface area (Å²) in [6, 6.07) is 2.62. The molecule has 4 heteroatoms. The van der Waals surface area contributed by atoms with E-state index in [1.54, 1.807) is 0 Å². The minimum absolute atomic E-state index is 0.507. The Kier molecular flexibility index (Phi) is 4.93.